The van der Waals surface area contributed by atoms with Crippen LogP contribution in [0.2, 0.25) is 0 Å². The summed E-state index contributed by atoms with van der Waals surface area (Å²) in [5, 5.41) is 13.1. The van der Waals surface area contributed by atoms with Crippen LogP contribution in [0.15, 0.2) is 96.8 Å². The van der Waals surface area contributed by atoms with Crippen LogP contribution in [-0.2, 0) is 15.0 Å². The first-order valence-electron chi connectivity index (χ1n) is 11.6. The first-order valence-corrected chi connectivity index (χ1v) is 11.6. The van der Waals surface area contributed by atoms with Crippen molar-refractivity contribution >= 4 is 33.9 Å². The molecule has 1 aliphatic rings. The van der Waals surface area contributed by atoms with Gasteiger partial charge in [0.25, 0.3) is 11.7 Å². The zero-order valence-electron chi connectivity index (χ0n) is 19.9. The van der Waals surface area contributed by atoms with Crippen LogP contribution in [0, 0.1) is 0 Å². The number of hydrogen-bond donors (Lipinski definition) is 1. The minimum atomic E-state index is -0.775. The highest BCUT2D eigenvalue weighted by Gasteiger charge is 2.47. The van der Waals surface area contributed by atoms with E-state index in [0.29, 0.717) is 11.3 Å². The van der Waals surface area contributed by atoms with Gasteiger partial charge in [-0.1, -0.05) is 81.4 Å². The fourth-order valence-electron chi connectivity index (χ4n) is 4.65. The lowest BCUT2D eigenvalue weighted by Gasteiger charge is -2.27. The Morgan fingerprint density at radius 1 is 0.857 bits per heavy atom. The second-order valence-corrected chi connectivity index (χ2v) is 9.78. The lowest BCUT2D eigenvalue weighted by molar-refractivity contribution is -0.132. The van der Waals surface area contributed by atoms with Crippen molar-refractivity contribution in [3.05, 3.63) is 114 Å². The number of nitrogens with zero attached hydrogens (tertiary/aromatic N) is 2. The first kappa shape index (κ1) is 22.5. The van der Waals surface area contributed by atoms with Gasteiger partial charge < -0.3 is 5.11 Å². The van der Waals surface area contributed by atoms with Crippen molar-refractivity contribution in [3.8, 4) is 0 Å². The fraction of sp³-hybridized carbons (Fsp3) is 0.167. The molecule has 1 fully saturated rings. The van der Waals surface area contributed by atoms with Crippen molar-refractivity contribution in [1.82, 2.24) is 4.98 Å². The number of anilines is 1. The molecular formula is C30H26N2O3. The number of hydrogen-bond acceptors (Lipinski definition) is 4. The van der Waals surface area contributed by atoms with E-state index in [9.17, 15) is 14.7 Å². The van der Waals surface area contributed by atoms with E-state index in [4.69, 9.17) is 0 Å². The van der Waals surface area contributed by atoms with Gasteiger partial charge in [-0.25, -0.2) is 0 Å². The number of aliphatic hydroxyl groups is 1. The molecule has 4 aromatic rings. The van der Waals surface area contributed by atoms with Crippen LogP contribution in [-0.4, -0.2) is 21.8 Å². The molecule has 35 heavy (non-hydrogen) atoms. The third-order valence-electron chi connectivity index (χ3n) is 6.52. The van der Waals surface area contributed by atoms with E-state index in [1.807, 2.05) is 66.7 Å². The maximum atomic E-state index is 13.5. The number of carbonyl (C=O) groups is 2. The summed E-state index contributed by atoms with van der Waals surface area (Å²) in [6.45, 7) is 6.40. The van der Waals surface area contributed by atoms with Crippen LogP contribution in [0.3, 0.4) is 0 Å². The summed E-state index contributed by atoms with van der Waals surface area (Å²) in [7, 11) is 0. The van der Waals surface area contributed by atoms with Crippen LogP contribution in [0.25, 0.3) is 16.5 Å². The Morgan fingerprint density at radius 3 is 2.20 bits per heavy atom. The van der Waals surface area contributed by atoms with Gasteiger partial charge in [0, 0.05) is 23.3 Å². The average molecular weight is 463 g/mol. The van der Waals surface area contributed by atoms with Gasteiger partial charge in [0.1, 0.15) is 5.76 Å². The Labute approximate surface area is 204 Å². The van der Waals surface area contributed by atoms with Crippen molar-refractivity contribution in [1.29, 1.82) is 0 Å². The van der Waals surface area contributed by atoms with E-state index in [1.165, 1.54) is 4.90 Å². The zero-order valence-corrected chi connectivity index (χ0v) is 19.9. The van der Waals surface area contributed by atoms with E-state index >= 15 is 0 Å². The van der Waals surface area contributed by atoms with E-state index < -0.39 is 17.7 Å². The fourth-order valence-corrected chi connectivity index (χ4v) is 4.65. The SMILES string of the molecule is CC(C)(C)c1ccc(C2/C(=C(\O)c3ccncc3)C(=O)C(=O)N2c2cccc3ccccc23)cc1. The molecular weight excluding hydrogens is 436 g/mol. The molecule has 2 heterocycles. The number of fused-ring (bicyclic) bond motifs is 1. The molecule has 1 unspecified atom stereocenters. The van der Waals surface area contributed by atoms with Gasteiger partial charge in [0.2, 0.25) is 0 Å². The van der Waals surface area contributed by atoms with E-state index in [1.54, 1.807) is 24.5 Å². The highest BCUT2D eigenvalue weighted by molar-refractivity contribution is 6.52. The lowest BCUT2D eigenvalue weighted by Crippen LogP contribution is -2.29. The molecule has 0 bridgehead atoms. The summed E-state index contributed by atoms with van der Waals surface area (Å²) in [4.78, 5) is 32.5. The molecule has 1 aromatic heterocycles. The molecule has 5 heteroatoms. The zero-order chi connectivity index (χ0) is 24.7. The maximum Gasteiger partial charge on any atom is 0.300 e. The standard InChI is InChI=1S/C30H26N2O3/c1-30(2,3)22-13-11-20(12-14-22)26-25(27(33)21-15-17-31-18-16-21)28(34)29(35)32(26)24-10-6-8-19-7-4-5-9-23(19)24/h4-18,26,33H,1-3H3/b27-25+. The van der Waals surface area contributed by atoms with Crippen molar-refractivity contribution in [3.63, 3.8) is 0 Å². The highest BCUT2D eigenvalue weighted by atomic mass is 16.3. The molecule has 1 saturated heterocycles. The minimum Gasteiger partial charge on any atom is -0.507 e. The minimum absolute atomic E-state index is 0.0486. The van der Waals surface area contributed by atoms with Crippen molar-refractivity contribution in [2.75, 3.05) is 4.90 Å². The lowest BCUT2D eigenvalue weighted by atomic mass is 9.85. The number of ketones is 1. The largest absolute Gasteiger partial charge is 0.507 e. The third kappa shape index (κ3) is 3.89. The molecule has 5 nitrogen and oxygen atoms in total. The Morgan fingerprint density at radius 2 is 1.51 bits per heavy atom. The number of carbonyl (C=O) groups excluding carboxylic acids is 2. The number of benzene rings is 3. The Kier molecular flexibility index (Phi) is 5.48. The van der Waals surface area contributed by atoms with Crippen molar-refractivity contribution < 1.29 is 14.7 Å². The number of aliphatic hydroxyl groups excluding tert-OH is 1. The maximum absolute atomic E-state index is 13.5. The number of aromatic nitrogens is 1. The van der Waals surface area contributed by atoms with Gasteiger partial charge in [-0.2, -0.15) is 0 Å². The first-order chi connectivity index (χ1) is 16.8. The Balaban J connectivity index is 1.76. The van der Waals surface area contributed by atoms with Crippen LogP contribution in [0.5, 0.6) is 0 Å². The molecule has 1 aliphatic heterocycles. The number of rotatable bonds is 3. The predicted molar refractivity (Wildman–Crippen MR) is 138 cm³/mol. The van der Waals surface area contributed by atoms with Crippen LogP contribution >= 0.6 is 0 Å². The molecule has 1 N–H and O–H groups in total. The highest BCUT2D eigenvalue weighted by Crippen LogP contribution is 2.44. The summed E-state index contributed by atoms with van der Waals surface area (Å²) in [5.41, 5.74) is 2.97. The topological polar surface area (TPSA) is 70.5 Å². The number of pyridine rings is 1. The molecule has 0 aliphatic carbocycles. The van der Waals surface area contributed by atoms with Crippen LogP contribution < -0.4 is 4.90 Å². The molecule has 3 aromatic carbocycles. The molecule has 1 atom stereocenters. The average Bonchev–Trinajstić information content (AvgIpc) is 3.13. The molecule has 1 amide bonds. The summed E-state index contributed by atoms with van der Waals surface area (Å²) in [6, 6.07) is 23.8. The summed E-state index contributed by atoms with van der Waals surface area (Å²) in [5.74, 6) is -1.59. The second kappa shape index (κ2) is 8.51. The van der Waals surface area contributed by atoms with E-state index in [0.717, 1.165) is 21.9 Å². The van der Waals surface area contributed by atoms with Gasteiger partial charge >= 0.3 is 0 Å². The van der Waals surface area contributed by atoms with Gasteiger partial charge in [-0.15, -0.1) is 0 Å². The monoisotopic (exact) mass is 462 g/mol. The third-order valence-corrected chi connectivity index (χ3v) is 6.52. The molecule has 174 valence electrons. The van der Waals surface area contributed by atoms with E-state index in [2.05, 4.69) is 25.8 Å². The van der Waals surface area contributed by atoms with Crippen LogP contribution in [0.4, 0.5) is 5.69 Å². The smallest absolute Gasteiger partial charge is 0.300 e. The second-order valence-electron chi connectivity index (χ2n) is 9.78. The van der Waals surface area contributed by atoms with Gasteiger partial charge in [-0.05, 0) is 40.1 Å². The normalized spacial score (nSPS) is 17.8. The van der Waals surface area contributed by atoms with Gasteiger partial charge in [0.15, 0.2) is 0 Å². The quantitative estimate of drug-likeness (QED) is 0.225. The molecule has 5 rings (SSSR count). The molecule has 0 saturated carbocycles. The van der Waals surface area contributed by atoms with Gasteiger partial charge in [-0.3, -0.25) is 19.5 Å². The summed E-state index contributed by atoms with van der Waals surface area (Å²) >= 11 is 0. The Hall–Kier alpha value is -4.25. The van der Waals surface area contributed by atoms with Crippen LogP contribution in [0.1, 0.15) is 43.5 Å². The predicted octanol–water partition coefficient (Wildman–Crippen LogP) is 6.16. The van der Waals surface area contributed by atoms with E-state index in [-0.39, 0.29) is 16.7 Å². The molecule has 0 radical (unpaired) electrons. The van der Waals surface area contributed by atoms with Crippen molar-refractivity contribution in [2.24, 2.45) is 0 Å². The number of Topliss-reactive ketones (excluding diaryl/α,β-unsaturated/α-hetero) is 1. The molecule has 0 spiro atoms. The van der Waals surface area contributed by atoms with Gasteiger partial charge in [0.05, 0.1) is 17.3 Å². The Bertz CT molecular complexity index is 1460. The summed E-state index contributed by atoms with van der Waals surface area (Å²) in [6.07, 6.45) is 3.09. The summed E-state index contributed by atoms with van der Waals surface area (Å²) < 4.78 is 0. The number of amides is 1. The van der Waals surface area contributed by atoms with Crippen molar-refractivity contribution in [2.45, 2.75) is 32.2 Å².